The molecule has 1 atom stereocenters. The minimum absolute atomic E-state index is 0.0979. The fraction of sp³-hybridized carbons (Fsp3) is 0.333. The highest BCUT2D eigenvalue weighted by Crippen LogP contribution is 2.31. The van der Waals surface area contributed by atoms with Gasteiger partial charge in [-0.15, -0.1) is 0 Å². The van der Waals surface area contributed by atoms with Crippen LogP contribution in [0.15, 0.2) is 66.7 Å². The van der Waals surface area contributed by atoms with Crippen molar-refractivity contribution in [3.8, 4) is 11.1 Å². The topological polar surface area (TPSA) is 96.5 Å². The first kappa shape index (κ1) is 30.7. The second-order valence-electron chi connectivity index (χ2n) is 11.7. The number of hydrogen-bond acceptors (Lipinski definition) is 6. The molecule has 1 fully saturated rings. The maximum Gasteiger partial charge on any atom is 0.415 e. The van der Waals surface area contributed by atoms with Crippen molar-refractivity contribution in [3.63, 3.8) is 0 Å². The van der Waals surface area contributed by atoms with Gasteiger partial charge in [-0.1, -0.05) is 42.5 Å². The maximum atomic E-state index is 15.3. The molecule has 1 unspecified atom stereocenters. The number of cyclic esters (lactones) is 1. The summed E-state index contributed by atoms with van der Waals surface area (Å²) in [5.74, 6) is -1.67. The number of carbonyl (C=O) groups excluding carboxylic acids is 4. The molecule has 0 N–H and O–H groups in total. The molecule has 230 valence electrons. The van der Waals surface area contributed by atoms with Crippen molar-refractivity contribution in [2.45, 2.75) is 52.0 Å². The number of anilines is 1. The van der Waals surface area contributed by atoms with Gasteiger partial charge in [0.25, 0.3) is 11.8 Å². The van der Waals surface area contributed by atoms with Crippen LogP contribution in [0.5, 0.6) is 0 Å². The third kappa shape index (κ3) is 6.56. The summed E-state index contributed by atoms with van der Waals surface area (Å²) in [5.41, 5.74) is 2.27. The van der Waals surface area contributed by atoms with Crippen molar-refractivity contribution >= 4 is 29.7 Å². The number of nitrogens with zero attached hydrogens (tertiary/aromatic N) is 3. The van der Waals surface area contributed by atoms with Gasteiger partial charge in [-0.3, -0.25) is 23.8 Å². The van der Waals surface area contributed by atoms with E-state index in [9.17, 15) is 23.6 Å². The van der Waals surface area contributed by atoms with E-state index in [0.29, 0.717) is 11.1 Å². The average molecular weight is 606 g/mol. The Morgan fingerprint density at radius 2 is 1.75 bits per heavy atom. The van der Waals surface area contributed by atoms with Gasteiger partial charge in [0.2, 0.25) is 6.10 Å². The Labute approximate surface area is 253 Å². The van der Waals surface area contributed by atoms with E-state index in [1.54, 1.807) is 75.4 Å². The second kappa shape index (κ2) is 12.4. The molecule has 0 aliphatic carbocycles. The molecule has 0 spiro atoms. The quantitative estimate of drug-likeness (QED) is 0.288. The second-order valence-corrected chi connectivity index (χ2v) is 11.7. The molecule has 2 heterocycles. The van der Waals surface area contributed by atoms with Crippen LogP contribution < -0.4 is 4.90 Å². The van der Waals surface area contributed by atoms with E-state index in [0.717, 1.165) is 20.9 Å². The predicted molar refractivity (Wildman–Crippen MR) is 158 cm³/mol. The third-order valence-electron chi connectivity index (χ3n) is 7.29. The fourth-order valence-corrected chi connectivity index (χ4v) is 5.14. The summed E-state index contributed by atoms with van der Waals surface area (Å²) in [7, 11) is 0. The van der Waals surface area contributed by atoms with E-state index in [1.165, 1.54) is 17.0 Å². The molecule has 1 saturated heterocycles. The van der Waals surface area contributed by atoms with Crippen LogP contribution in [0.2, 0.25) is 0 Å². The Morgan fingerprint density at radius 1 is 1.02 bits per heavy atom. The Hall–Kier alpha value is -4.80. The molecular weight excluding hydrogens is 572 g/mol. The molecule has 0 aromatic heterocycles. The first-order valence-electron chi connectivity index (χ1n) is 14.3. The number of fused-ring (bicyclic) bond motifs is 1. The van der Waals surface area contributed by atoms with Gasteiger partial charge in [-0.05, 0) is 68.1 Å². The van der Waals surface area contributed by atoms with Crippen LogP contribution in [0.1, 0.15) is 48.7 Å². The summed E-state index contributed by atoms with van der Waals surface area (Å²) in [6, 6.07) is 18.1. The summed E-state index contributed by atoms with van der Waals surface area (Å²) in [6.07, 6.45) is -2.38. The molecule has 3 aromatic rings. The van der Waals surface area contributed by atoms with Crippen LogP contribution in [0.25, 0.3) is 11.1 Å². The predicted octanol–water partition coefficient (Wildman–Crippen LogP) is 6.10. The zero-order valence-electron chi connectivity index (χ0n) is 24.7. The zero-order chi connectivity index (χ0) is 31.6. The van der Waals surface area contributed by atoms with Gasteiger partial charge in [0, 0.05) is 24.2 Å². The van der Waals surface area contributed by atoms with Gasteiger partial charge in [0.05, 0.1) is 25.5 Å². The first-order chi connectivity index (χ1) is 20.9. The van der Waals surface area contributed by atoms with E-state index in [4.69, 9.17) is 9.47 Å². The average Bonchev–Trinajstić information content (AvgIpc) is 3.54. The highest BCUT2D eigenvalue weighted by molar-refractivity contribution is 6.10. The molecule has 11 heteroatoms. The standard InChI is InChI=1S/C33H33F2N3O6/c1-33(2,3)44-31(41)36(16-6-15-34)18-21-9-11-22(12-10-21)25-14-13-24(17-27(25)35)37-20-28(43-32(37)42)30(40)38-19-23-7-4-5-8-26(23)29(38)39/h4-5,7-14,17,28H,6,15-16,18-20H2,1-3H3. The number of benzene rings is 3. The lowest BCUT2D eigenvalue weighted by Crippen LogP contribution is -2.41. The number of alkyl halides is 1. The van der Waals surface area contributed by atoms with Crippen LogP contribution in [0.3, 0.4) is 0 Å². The van der Waals surface area contributed by atoms with E-state index in [1.807, 2.05) is 0 Å². The number of ether oxygens (including phenoxy) is 2. The van der Waals surface area contributed by atoms with Crippen LogP contribution in [0, 0.1) is 5.82 Å². The van der Waals surface area contributed by atoms with Crippen LogP contribution in [0.4, 0.5) is 24.1 Å². The van der Waals surface area contributed by atoms with Crippen LogP contribution >= 0.6 is 0 Å². The van der Waals surface area contributed by atoms with Crippen molar-refractivity contribution < 1.29 is 37.4 Å². The smallest absolute Gasteiger partial charge is 0.415 e. The lowest BCUT2D eigenvalue weighted by molar-refractivity contribution is -0.135. The lowest BCUT2D eigenvalue weighted by atomic mass is 10.0. The minimum Gasteiger partial charge on any atom is -0.444 e. The third-order valence-corrected chi connectivity index (χ3v) is 7.29. The Balaban J connectivity index is 1.25. The van der Waals surface area contributed by atoms with Crippen LogP contribution in [-0.2, 0) is 27.4 Å². The SMILES string of the molecule is CC(C)(C)OC(=O)N(CCCF)Cc1ccc(-c2ccc(N3CC(C(=O)N4Cc5ccccc5C4=O)OC3=O)cc2F)cc1. The molecule has 4 amide bonds. The summed E-state index contributed by atoms with van der Waals surface area (Å²) in [6.45, 7) is 5.03. The van der Waals surface area contributed by atoms with E-state index >= 15 is 4.39 Å². The van der Waals surface area contributed by atoms with Gasteiger partial charge in [-0.2, -0.15) is 0 Å². The lowest BCUT2D eigenvalue weighted by Gasteiger charge is -2.27. The molecule has 2 aliphatic rings. The van der Waals surface area contributed by atoms with Crippen molar-refractivity contribution in [2.24, 2.45) is 0 Å². The van der Waals surface area contributed by atoms with Crippen LogP contribution in [-0.4, -0.2) is 65.3 Å². The monoisotopic (exact) mass is 605 g/mol. The van der Waals surface area contributed by atoms with Gasteiger partial charge in [0.15, 0.2) is 0 Å². The minimum atomic E-state index is -1.21. The summed E-state index contributed by atoms with van der Waals surface area (Å²) in [5, 5.41) is 0. The normalized spacial score (nSPS) is 16.2. The van der Waals surface area contributed by atoms with Gasteiger partial charge >= 0.3 is 12.2 Å². The number of carbonyl (C=O) groups is 4. The molecule has 9 nitrogen and oxygen atoms in total. The van der Waals surface area contributed by atoms with Gasteiger partial charge in [-0.25, -0.2) is 14.0 Å². The highest BCUT2D eigenvalue weighted by Gasteiger charge is 2.43. The molecular formula is C33H33F2N3O6. The van der Waals surface area contributed by atoms with Crippen molar-refractivity contribution in [3.05, 3.63) is 89.2 Å². The molecule has 0 bridgehead atoms. The summed E-state index contributed by atoms with van der Waals surface area (Å²) >= 11 is 0. The summed E-state index contributed by atoms with van der Waals surface area (Å²) in [4.78, 5) is 54.7. The fourth-order valence-electron chi connectivity index (χ4n) is 5.14. The van der Waals surface area contributed by atoms with E-state index in [2.05, 4.69) is 0 Å². The van der Waals surface area contributed by atoms with Gasteiger partial charge in [0.1, 0.15) is 11.4 Å². The van der Waals surface area contributed by atoms with Crippen molar-refractivity contribution in [1.29, 1.82) is 0 Å². The number of imide groups is 1. The molecule has 0 saturated carbocycles. The number of amides is 4. The van der Waals surface area contributed by atoms with E-state index in [-0.39, 0.29) is 43.9 Å². The molecule has 5 rings (SSSR count). The number of hydrogen-bond donors (Lipinski definition) is 0. The molecule has 44 heavy (non-hydrogen) atoms. The van der Waals surface area contributed by atoms with Crippen molar-refractivity contribution in [1.82, 2.24) is 9.80 Å². The number of rotatable bonds is 8. The summed E-state index contributed by atoms with van der Waals surface area (Å²) < 4.78 is 38.9. The highest BCUT2D eigenvalue weighted by atomic mass is 19.1. The Morgan fingerprint density at radius 3 is 2.41 bits per heavy atom. The Kier molecular flexibility index (Phi) is 8.66. The van der Waals surface area contributed by atoms with Crippen molar-refractivity contribution in [2.75, 3.05) is 24.7 Å². The molecule has 2 aliphatic heterocycles. The van der Waals surface area contributed by atoms with Gasteiger partial charge < -0.3 is 14.4 Å². The first-order valence-corrected chi connectivity index (χ1v) is 14.3. The number of halogens is 2. The largest absolute Gasteiger partial charge is 0.444 e. The maximum absolute atomic E-state index is 15.3. The van der Waals surface area contributed by atoms with E-state index < -0.39 is 48.2 Å². The molecule has 3 aromatic carbocycles. The Bertz CT molecular complexity index is 1590. The molecule has 0 radical (unpaired) electrons. The zero-order valence-corrected chi connectivity index (χ0v) is 24.7.